The predicted octanol–water partition coefficient (Wildman–Crippen LogP) is 2.38. The summed E-state index contributed by atoms with van der Waals surface area (Å²) in [6.45, 7) is 2.11. The summed E-state index contributed by atoms with van der Waals surface area (Å²) < 4.78 is 0. The van der Waals surface area contributed by atoms with Crippen molar-refractivity contribution in [1.29, 1.82) is 0 Å². The van der Waals surface area contributed by atoms with Gasteiger partial charge in [0.15, 0.2) is 0 Å². The molecule has 0 bridgehead atoms. The van der Waals surface area contributed by atoms with Crippen LogP contribution in [0, 0.1) is 0 Å². The van der Waals surface area contributed by atoms with Crippen molar-refractivity contribution in [2.24, 2.45) is 0 Å². The van der Waals surface area contributed by atoms with Crippen LogP contribution in [0.2, 0.25) is 0 Å². The largest absolute Gasteiger partial charge is 0.296 e. The number of benzene rings is 1. The van der Waals surface area contributed by atoms with Crippen LogP contribution in [0.3, 0.4) is 0 Å². The normalized spacial score (nSPS) is 29.4. The second kappa shape index (κ2) is 3.48. The van der Waals surface area contributed by atoms with Gasteiger partial charge in [-0.2, -0.15) is 5.06 Å². The molecule has 2 nitrogen and oxygen atoms in total. The zero-order valence-electron chi connectivity index (χ0n) is 8.10. The van der Waals surface area contributed by atoms with Crippen molar-refractivity contribution in [3.05, 3.63) is 35.9 Å². The molecule has 0 aliphatic carbocycles. The molecular weight excluding hydrogens is 162 g/mol. The van der Waals surface area contributed by atoms with Crippen LogP contribution >= 0.6 is 0 Å². The van der Waals surface area contributed by atoms with Gasteiger partial charge in [-0.05, 0) is 18.9 Å². The molecule has 2 atom stereocenters. The fourth-order valence-electron chi connectivity index (χ4n) is 1.88. The van der Waals surface area contributed by atoms with Gasteiger partial charge in [-0.1, -0.05) is 30.3 Å². The molecule has 1 fully saturated rings. The summed E-state index contributed by atoms with van der Waals surface area (Å²) in [5.41, 5.74) is 1.34. The van der Waals surface area contributed by atoms with Crippen LogP contribution in [-0.2, 0) is 4.84 Å². The lowest BCUT2D eigenvalue weighted by Gasteiger charge is -2.17. The van der Waals surface area contributed by atoms with Crippen molar-refractivity contribution in [1.82, 2.24) is 5.06 Å². The van der Waals surface area contributed by atoms with Crippen molar-refractivity contribution in [3.8, 4) is 0 Å². The lowest BCUT2D eigenvalue weighted by Crippen LogP contribution is -2.16. The Hall–Kier alpha value is -0.860. The van der Waals surface area contributed by atoms with E-state index in [1.165, 1.54) is 5.56 Å². The van der Waals surface area contributed by atoms with Crippen molar-refractivity contribution in [2.75, 3.05) is 7.05 Å². The van der Waals surface area contributed by atoms with E-state index in [9.17, 15) is 0 Å². The Labute approximate surface area is 79.1 Å². The number of hydrogen-bond donors (Lipinski definition) is 0. The molecule has 2 unspecified atom stereocenters. The van der Waals surface area contributed by atoms with Crippen LogP contribution in [0.4, 0.5) is 0 Å². The molecule has 2 rings (SSSR count). The Balaban J connectivity index is 2.18. The molecule has 1 aromatic carbocycles. The summed E-state index contributed by atoms with van der Waals surface area (Å²) in [6, 6.07) is 10.9. The number of hydroxylamine groups is 2. The molecule has 2 heteroatoms. The van der Waals surface area contributed by atoms with E-state index in [0.29, 0.717) is 12.1 Å². The maximum absolute atomic E-state index is 5.56. The molecular formula is C11H15NO. The minimum Gasteiger partial charge on any atom is -0.296 e. The Morgan fingerprint density at radius 3 is 2.54 bits per heavy atom. The van der Waals surface area contributed by atoms with Gasteiger partial charge in [0, 0.05) is 7.05 Å². The highest BCUT2D eigenvalue weighted by atomic mass is 16.7. The van der Waals surface area contributed by atoms with Gasteiger partial charge in [-0.25, -0.2) is 0 Å². The minimum atomic E-state index is 0.343. The summed E-state index contributed by atoms with van der Waals surface area (Å²) >= 11 is 0. The zero-order valence-corrected chi connectivity index (χ0v) is 8.10. The third kappa shape index (κ3) is 1.74. The number of nitrogens with zero attached hydrogens (tertiary/aromatic N) is 1. The second-order valence-corrected chi connectivity index (χ2v) is 3.62. The Morgan fingerprint density at radius 2 is 2.00 bits per heavy atom. The number of rotatable bonds is 1. The predicted molar refractivity (Wildman–Crippen MR) is 52.1 cm³/mol. The first-order chi connectivity index (χ1) is 6.27. The molecule has 13 heavy (non-hydrogen) atoms. The minimum absolute atomic E-state index is 0.343. The van der Waals surface area contributed by atoms with Gasteiger partial charge < -0.3 is 0 Å². The van der Waals surface area contributed by atoms with Gasteiger partial charge in [0.05, 0.1) is 12.1 Å². The summed E-state index contributed by atoms with van der Waals surface area (Å²) in [7, 11) is 2.00. The van der Waals surface area contributed by atoms with Crippen molar-refractivity contribution in [2.45, 2.75) is 25.5 Å². The van der Waals surface area contributed by atoms with Crippen LogP contribution in [0.25, 0.3) is 0 Å². The lowest BCUT2D eigenvalue weighted by atomic mass is 10.0. The van der Waals surface area contributed by atoms with Crippen molar-refractivity contribution in [3.63, 3.8) is 0 Å². The van der Waals surface area contributed by atoms with Crippen LogP contribution in [0.1, 0.15) is 24.9 Å². The highest BCUT2D eigenvalue weighted by Gasteiger charge is 2.28. The molecule has 0 saturated carbocycles. The van der Waals surface area contributed by atoms with E-state index in [4.69, 9.17) is 4.84 Å². The fraction of sp³-hybridized carbons (Fsp3) is 0.455. The molecule has 0 radical (unpaired) electrons. The Kier molecular flexibility index (Phi) is 2.34. The molecule has 1 saturated heterocycles. The SMILES string of the molecule is CC1CC(c2ccccc2)N(C)O1. The van der Waals surface area contributed by atoms with Crippen LogP contribution in [0.5, 0.6) is 0 Å². The van der Waals surface area contributed by atoms with E-state index < -0.39 is 0 Å². The van der Waals surface area contributed by atoms with E-state index in [-0.39, 0.29) is 0 Å². The van der Waals surface area contributed by atoms with Gasteiger partial charge in [-0.3, -0.25) is 4.84 Å². The maximum Gasteiger partial charge on any atom is 0.0784 e. The zero-order chi connectivity index (χ0) is 9.26. The molecule has 1 aromatic rings. The third-order valence-electron chi connectivity index (χ3n) is 2.52. The molecule has 1 heterocycles. The summed E-state index contributed by atoms with van der Waals surface area (Å²) in [4.78, 5) is 5.56. The van der Waals surface area contributed by atoms with E-state index in [2.05, 4.69) is 31.2 Å². The van der Waals surface area contributed by atoms with Gasteiger partial charge in [0.1, 0.15) is 0 Å². The maximum atomic E-state index is 5.56. The Bertz CT molecular complexity index is 273. The lowest BCUT2D eigenvalue weighted by molar-refractivity contribution is -0.138. The standard InChI is InChI=1S/C11H15NO/c1-9-8-11(12(2)13-9)10-6-4-3-5-7-10/h3-7,9,11H,8H2,1-2H3. The number of hydrogen-bond acceptors (Lipinski definition) is 2. The first-order valence-corrected chi connectivity index (χ1v) is 4.72. The first-order valence-electron chi connectivity index (χ1n) is 4.72. The molecule has 1 aliphatic rings. The highest BCUT2D eigenvalue weighted by molar-refractivity contribution is 5.19. The third-order valence-corrected chi connectivity index (χ3v) is 2.52. The van der Waals surface area contributed by atoms with Gasteiger partial charge in [-0.15, -0.1) is 0 Å². The summed E-state index contributed by atoms with van der Waals surface area (Å²) in [5.74, 6) is 0. The molecule has 0 amide bonds. The van der Waals surface area contributed by atoms with Gasteiger partial charge >= 0.3 is 0 Å². The topological polar surface area (TPSA) is 12.5 Å². The van der Waals surface area contributed by atoms with Gasteiger partial charge in [0.25, 0.3) is 0 Å². The molecule has 0 spiro atoms. The van der Waals surface area contributed by atoms with E-state index in [1.807, 2.05) is 18.2 Å². The smallest absolute Gasteiger partial charge is 0.0784 e. The molecule has 1 aliphatic heterocycles. The van der Waals surface area contributed by atoms with E-state index in [1.54, 1.807) is 0 Å². The molecule has 70 valence electrons. The highest BCUT2D eigenvalue weighted by Crippen LogP contribution is 2.31. The van der Waals surface area contributed by atoms with Gasteiger partial charge in [0.2, 0.25) is 0 Å². The second-order valence-electron chi connectivity index (χ2n) is 3.62. The van der Waals surface area contributed by atoms with Crippen molar-refractivity contribution < 1.29 is 4.84 Å². The monoisotopic (exact) mass is 177 g/mol. The average molecular weight is 177 g/mol. The van der Waals surface area contributed by atoms with Crippen LogP contribution < -0.4 is 0 Å². The summed E-state index contributed by atoms with van der Waals surface area (Å²) in [5, 5.41) is 1.96. The van der Waals surface area contributed by atoms with Crippen molar-refractivity contribution >= 4 is 0 Å². The van der Waals surface area contributed by atoms with E-state index >= 15 is 0 Å². The average Bonchev–Trinajstić information content (AvgIpc) is 2.47. The molecule has 0 aromatic heterocycles. The van der Waals surface area contributed by atoms with Crippen LogP contribution in [0.15, 0.2) is 30.3 Å². The Morgan fingerprint density at radius 1 is 1.31 bits per heavy atom. The quantitative estimate of drug-likeness (QED) is 0.653. The fourth-order valence-corrected chi connectivity index (χ4v) is 1.88. The van der Waals surface area contributed by atoms with E-state index in [0.717, 1.165) is 6.42 Å². The summed E-state index contributed by atoms with van der Waals surface area (Å²) in [6.07, 6.45) is 1.43. The first kappa shape index (κ1) is 8.73. The van der Waals surface area contributed by atoms with Crippen LogP contribution in [-0.4, -0.2) is 18.2 Å². The molecule has 0 N–H and O–H groups in total.